The van der Waals surface area contributed by atoms with Gasteiger partial charge in [0, 0.05) is 0 Å². The number of hydrogen-bond acceptors (Lipinski definition) is 6. The normalized spacial score (nSPS) is 10.5. The lowest BCUT2D eigenvalue weighted by atomic mass is 10.1. The summed E-state index contributed by atoms with van der Waals surface area (Å²) >= 11 is 0. The lowest BCUT2D eigenvalue weighted by Gasteiger charge is -2.13. The molecule has 0 heterocycles. The average molecular weight is 559 g/mol. The Balaban J connectivity index is 1.14. The number of esters is 2. The molecule has 5 aromatic carbocycles. The molecule has 0 spiro atoms. The first kappa shape index (κ1) is 28.2. The van der Waals surface area contributed by atoms with Crippen LogP contribution >= 0.6 is 0 Å². The van der Waals surface area contributed by atoms with E-state index in [-0.39, 0.29) is 26.4 Å². The summed E-state index contributed by atoms with van der Waals surface area (Å²) < 4.78 is 22.9. The molecule has 0 aromatic heterocycles. The number of hydrogen-bond donors (Lipinski definition) is 0. The number of benzene rings is 5. The van der Waals surface area contributed by atoms with Gasteiger partial charge in [-0.25, -0.2) is 9.59 Å². The van der Waals surface area contributed by atoms with E-state index in [2.05, 4.69) is 0 Å². The lowest BCUT2D eigenvalue weighted by molar-refractivity contribution is 0.0458. The molecule has 5 aromatic rings. The second-order valence-electron chi connectivity index (χ2n) is 9.51. The van der Waals surface area contributed by atoms with Crippen molar-refractivity contribution in [3.8, 4) is 11.5 Å². The summed E-state index contributed by atoms with van der Waals surface area (Å²) in [5, 5.41) is 0. The van der Waals surface area contributed by atoms with Crippen molar-refractivity contribution < 1.29 is 28.5 Å². The molecule has 0 aliphatic heterocycles. The van der Waals surface area contributed by atoms with Crippen LogP contribution in [0.15, 0.2) is 133 Å². The zero-order valence-electron chi connectivity index (χ0n) is 23.0. The van der Waals surface area contributed by atoms with Crippen LogP contribution in [0.3, 0.4) is 0 Å². The molecule has 6 heteroatoms. The van der Waals surface area contributed by atoms with E-state index >= 15 is 0 Å². The Kier molecular flexibility index (Phi) is 9.61. The Bertz CT molecular complexity index is 1480. The van der Waals surface area contributed by atoms with E-state index in [9.17, 15) is 9.59 Å². The van der Waals surface area contributed by atoms with Crippen molar-refractivity contribution in [1.29, 1.82) is 0 Å². The van der Waals surface area contributed by atoms with Crippen LogP contribution in [0.4, 0.5) is 0 Å². The zero-order chi connectivity index (χ0) is 29.0. The molecule has 6 nitrogen and oxygen atoms in total. The Hall–Kier alpha value is -5.36. The van der Waals surface area contributed by atoms with Crippen molar-refractivity contribution in [3.05, 3.63) is 167 Å². The number of ether oxygens (including phenoxy) is 4. The molecule has 0 atom stereocenters. The van der Waals surface area contributed by atoms with Gasteiger partial charge in [-0.05, 0) is 46.5 Å². The van der Waals surface area contributed by atoms with Crippen LogP contribution in [0.1, 0.15) is 43.0 Å². The fourth-order valence-corrected chi connectivity index (χ4v) is 4.18. The summed E-state index contributed by atoms with van der Waals surface area (Å²) in [5.74, 6) is 0.0369. The molecule has 0 aliphatic carbocycles. The molecule has 0 amide bonds. The first-order valence-electron chi connectivity index (χ1n) is 13.6. The summed E-state index contributed by atoms with van der Waals surface area (Å²) in [6, 6.07) is 40.9. The molecule has 0 fully saturated rings. The van der Waals surface area contributed by atoms with Crippen LogP contribution in [0.2, 0.25) is 0 Å². The molecule has 42 heavy (non-hydrogen) atoms. The smallest absolute Gasteiger partial charge is 0.342 e. The Morgan fingerprint density at radius 2 is 0.714 bits per heavy atom. The molecule has 0 saturated carbocycles. The van der Waals surface area contributed by atoms with Crippen molar-refractivity contribution in [2.24, 2.45) is 0 Å². The predicted molar refractivity (Wildman–Crippen MR) is 159 cm³/mol. The van der Waals surface area contributed by atoms with Gasteiger partial charge in [-0.15, -0.1) is 0 Å². The molecular weight excluding hydrogens is 528 g/mol. The molecule has 0 unspecified atom stereocenters. The Morgan fingerprint density at radius 1 is 0.381 bits per heavy atom. The number of rotatable bonds is 12. The van der Waals surface area contributed by atoms with E-state index in [1.807, 2.05) is 97.1 Å². The molecule has 0 saturated heterocycles. The zero-order valence-corrected chi connectivity index (χ0v) is 23.0. The quantitative estimate of drug-likeness (QED) is 0.147. The summed E-state index contributed by atoms with van der Waals surface area (Å²) in [6.45, 7) is 0.939. The summed E-state index contributed by atoms with van der Waals surface area (Å²) in [4.78, 5) is 25.4. The molecule has 5 rings (SSSR count). The van der Waals surface area contributed by atoms with Gasteiger partial charge in [0.1, 0.15) is 49.1 Å². The average Bonchev–Trinajstić information content (AvgIpc) is 3.06. The monoisotopic (exact) mass is 558 g/mol. The number of para-hydroxylation sites is 2. The Labute approximate surface area is 245 Å². The maximum absolute atomic E-state index is 12.7. The number of carbonyl (C=O) groups is 2. The third-order valence-corrected chi connectivity index (χ3v) is 6.45. The topological polar surface area (TPSA) is 71.1 Å². The largest absolute Gasteiger partial charge is 0.488 e. The van der Waals surface area contributed by atoms with E-state index in [0.717, 1.165) is 22.3 Å². The molecule has 0 radical (unpaired) electrons. The van der Waals surface area contributed by atoms with Gasteiger partial charge >= 0.3 is 11.9 Å². The maximum atomic E-state index is 12.7. The lowest BCUT2D eigenvalue weighted by Crippen LogP contribution is -2.08. The van der Waals surface area contributed by atoms with Crippen LogP contribution in [0.5, 0.6) is 11.5 Å². The van der Waals surface area contributed by atoms with Gasteiger partial charge in [0.25, 0.3) is 0 Å². The third-order valence-electron chi connectivity index (χ3n) is 6.45. The van der Waals surface area contributed by atoms with Gasteiger partial charge in [-0.1, -0.05) is 109 Å². The minimum absolute atomic E-state index is 0.191. The Morgan fingerprint density at radius 3 is 1.12 bits per heavy atom. The van der Waals surface area contributed by atoms with Gasteiger partial charge in [0.05, 0.1) is 0 Å². The fourth-order valence-electron chi connectivity index (χ4n) is 4.18. The standard InChI is InChI=1S/C36H30O6/c37-35(41-25-27-11-3-1-4-12-27)31-15-7-9-17-33(31)39-23-29-19-21-30(22-20-29)24-40-34-18-10-8-16-32(34)36(38)42-26-28-13-5-2-6-14-28/h1-22H,23-26H2. The van der Waals surface area contributed by atoms with E-state index in [1.54, 1.807) is 36.4 Å². The van der Waals surface area contributed by atoms with Crippen LogP contribution in [-0.2, 0) is 35.9 Å². The van der Waals surface area contributed by atoms with Gasteiger partial charge in [0.15, 0.2) is 0 Å². The molecule has 0 aliphatic rings. The molecular formula is C36H30O6. The van der Waals surface area contributed by atoms with E-state index in [4.69, 9.17) is 18.9 Å². The second-order valence-corrected chi connectivity index (χ2v) is 9.51. The number of carbonyl (C=O) groups excluding carboxylic acids is 2. The van der Waals surface area contributed by atoms with E-state index < -0.39 is 11.9 Å². The predicted octanol–water partition coefficient (Wildman–Crippen LogP) is 7.56. The van der Waals surface area contributed by atoms with Crippen molar-refractivity contribution in [3.63, 3.8) is 0 Å². The highest BCUT2D eigenvalue weighted by Crippen LogP contribution is 2.23. The summed E-state index contributed by atoms with van der Waals surface area (Å²) in [7, 11) is 0. The van der Waals surface area contributed by atoms with Crippen LogP contribution in [-0.4, -0.2) is 11.9 Å². The van der Waals surface area contributed by atoms with Crippen LogP contribution < -0.4 is 9.47 Å². The molecule has 210 valence electrons. The minimum Gasteiger partial charge on any atom is -0.488 e. The van der Waals surface area contributed by atoms with Gasteiger partial charge in [-0.2, -0.15) is 0 Å². The third kappa shape index (κ3) is 7.86. The highest BCUT2D eigenvalue weighted by atomic mass is 16.5. The molecule has 0 bridgehead atoms. The van der Waals surface area contributed by atoms with Gasteiger partial charge < -0.3 is 18.9 Å². The van der Waals surface area contributed by atoms with Crippen molar-refractivity contribution >= 4 is 11.9 Å². The van der Waals surface area contributed by atoms with Crippen molar-refractivity contribution in [1.82, 2.24) is 0 Å². The molecule has 0 N–H and O–H groups in total. The van der Waals surface area contributed by atoms with Crippen molar-refractivity contribution in [2.45, 2.75) is 26.4 Å². The fraction of sp³-hybridized carbons (Fsp3) is 0.111. The first-order chi connectivity index (χ1) is 20.7. The van der Waals surface area contributed by atoms with Crippen LogP contribution in [0.25, 0.3) is 0 Å². The van der Waals surface area contributed by atoms with Crippen LogP contribution in [0, 0.1) is 0 Å². The second kappa shape index (κ2) is 14.3. The SMILES string of the molecule is O=C(OCc1ccccc1)c1ccccc1OCc1ccc(COc2ccccc2C(=O)OCc2ccccc2)cc1. The maximum Gasteiger partial charge on any atom is 0.342 e. The van der Waals surface area contributed by atoms with E-state index in [0.29, 0.717) is 22.6 Å². The van der Waals surface area contributed by atoms with Crippen molar-refractivity contribution in [2.75, 3.05) is 0 Å². The summed E-state index contributed by atoms with van der Waals surface area (Å²) in [5.41, 5.74) is 4.44. The first-order valence-corrected chi connectivity index (χ1v) is 13.6. The van der Waals surface area contributed by atoms with E-state index in [1.165, 1.54) is 0 Å². The van der Waals surface area contributed by atoms with Gasteiger partial charge in [-0.3, -0.25) is 0 Å². The van der Waals surface area contributed by atoms with Gasteiger partial charge in [0.2, 0.25) is 0 Å². The highest BCUT2D eigenvalue weighted by molar-refractivity contribution is 5.93. The minimum atomic E-state index is -0.439. The highest BCUT2D eigenvalue weighted by Gasteiger charge is 2.15. The summed E-state index contributed by atoms with van der Waals surface area (Å²) in [6.07, 6.45) is 0.